The summed E-state index contributed by atoms with van der Waals surface area (Å²) in [5.41, 5.74) is 1.79. The predicted molar refractivity (Wildman–Crippen MR) is 203 cm³/mol. The summed E-state index contributed by atoms with van der Waals surface area (Å²) in [5, 5.41) is 20.2. The fourth-order valence-corrected chi connectivity index (χ4v) is 11.8. The molecule has 292 valence electrons. The first kappa shape index (κ1) is 67.7. The van der Waals surface area contributed by atoms with Crippen LogP contribution < -0.4 is 21.2 Å². The number of rotatable bonds is 6. The number of aliphatic hydroxyl groups is 2. The minimum Gasteiger partial charge on any atom is -0.0622 e. The van der Waals surface area contributed by atoms with Crippen molar-refractivity contribution in [2.45, 2.75) is 62.7 Å². The zero-order valence-corrected chi connectivity index (χ0v) is 39.0. The molecule has 0 heterocycles. The molecule has 2 fully saturated rings. The Morgan fingerprint density at radius 1 is 0.364 bits per heavy atom. The largest absolute Gasteiger partial charge is 2.00 e. The average molecular weight is 1170 g/mol. The van der Waals surface area contributed by atoms with Crippen LogP contribution in [0.4, 0.5) is 0 Å². The molecule has 2 N–H and O–H groups in total. The molecule has 0 amide bonds. The Bertz CT molecular complexity index is 1230. The van der Waals surface area contributed by atoms with Crippen molar-refractivity contribution in [3.05, 3.63) is 161 Å². The van der Waals surface area contributed by atoms with Gasteiger partial charge in [0.15, 0.2) is 0 Å². The van der Waals surface area contributed by atoms with Gasteiger partial charge < -0.3 is 10.2 Å². The molecule has 4 aromatic carbocycles. The molecule has 0 aliphatic heterocycles. The van der Waals surface area contributed by atoms with Crippen molar-refractivity contribution in [2.24, 2.45) is 0 Å². The third kappa shape index (κ3) is 28.1. The van der Waals surface area contributed by atoms with Crippen molar-refractivity contribution < 1.29 is 96.0 Å². The van der Waals surface area contributed by atoms with E-state index >= 15 is 0 Å². The van der Waals surface area contributed by atoms with Crippen molar-refractivity contribution in [1.29, 1.82) is 0 Å². The molecule has 13 heteroatoms. The molecule has 0 bridgehead atoms. The van der Waals surface area contributed by atoms with Gasteiger partial charge >= 0.3 is 84.9 Å². The summed E-state index contributed by atoms with van der Waals surface area (Å²) in [7, 11) is 1.70. The molecule has 4 aromatic rings. The van der Waals surface area contributed by atoms with E-state index in [4.69, 9.17) is 38.1 Å². The van der Waals surface area contributed by atoms with Gasteiger partial charge in [0.1, 0.15) is 0 Å². The Kier molecular flexibility index (Phi) is 66.5. The van der Waals surface area contributed by atoms with Crippen LogP contribution >= 0.6 is 15.8 Å². The van der Waals surface area contributed by atoms with E-state index in [9.17, 15) is 0 Å². The van der Waals surface area contributed by atoms with Crippen molar-refractivity contribution in [2.75, 3.05) is 14.2 Å². The molecule has 2 radical (unpaired) electrons. The first-order valence-electron chi connectivity index (χ1n) is 15.8. The monoisotopic (exact) mass is 1170 g/mol. The van der Waals surface area contributed by atoms with Crippen LogP contribution in [-0.2, 0) is 85.8 Å². The first-order valence-corrected chi connectivity index (χ1v) is 18.6. The number of hydrogen-bond acceptors (Lipinski definition) is 2. The van der Waals surface area contributed by atoms with Crippen molar-refractivity contribution in [3.8, 4) is 0 Å². The van der Waals surface area contributed by atoms with Gasteiger partial charge in [0.05, 0.1) is 0 Å². The van der Waals surface area contributed by atoms with Gasteiger partial charge in [0, 0.05) is 55.1 Å². The maximum absolute atomic E-state index is 7.50. The molecule has 0 unspecified atom stereocenters. The summed E-state index contributed by atoms with van der Waals surface area (Å²) in [5.74, 6) is 0. The smallest absolute Gasteiger partial charge is 0.0622 e. The molecule has 6 rings (SSSR count). The topological polar surface area (TPSA) is 160 Å². The second-order valence-electron chi connectivity index (χ2n) is 9.96. The first-order chi connectivity index (χ1) is 25.9. The minimum absolute atomic E-state index is 0. The van der Waals surface area contributed by atoms with Gasteiger partial charge in [-0.25, -0.2) is 0 Å². The van der Waals surface area contributed by atoms with Crippen LogP contribution in [-0.4, -0.2) is 35.8 Å². The maximum Gasteiger partial charge on any atom is 2.00 e. The van der Waals surface area contributed by atoms with E-state index in [0.29, 0.717) is 0 Å². The quantitative estimate of drug-likeness (QED) is 0.0914. The molecule has 55 heavy (non-hydrogen) atoms. The number of hydrogen-bond donors (Lipinski definition) is 2. The molecule has 2 aliphatic carbocycles. The molecule has 0 atom stereocenters. The van der Waals surface area contributed by atoms with E-state index in [1.165, 1.54) is 51.4 Å². The Hall–Kier alpha value is -2.06. The third-order valence-electron chi connectivity index (χ3n) is 7.52. The fourth-order valence-electron chi connectivity index (χ4n) is 5.82. The average Bonchev–Trinajstić information content (AvgIpc) is 4.02. The minimum atomic E-state index is -0.152. The predicted octanol–water partition coefficient (Wildman–Crippen LogP) is 7.11. The van der Waals surface area contributed by atoms with Gasteiger partial charge in [-0.15, -0.1) is 0 Å². The van der Waals surface area contributed by atoms with Gasteiger partial charge in [-0.3, -0.25) is 0 Å². The van der Waals surface area contributed by atoms with E-state index in [2.05, 4.69) is 161 Å². The van der Waals surface area contributed by atoms with Gasteiger partial charge in [0.2, 0.25) is 0 Å². The Balaban J connectivity index is -0.000000118. The van der Waals surface area contributed by atoms with Crippen LogP contribution in [0.1, 0.15) is 51.4 Å². The van der Waals surface area contributed by atoms with Crippen LogP contribution in [0.15, 0.2) is 121 Å². The molecule has 2 saturated carbocycles. The molecule has 0 saturated heterocycles. The van der Waals surface area contributed by atoms with E-state index in [1.807, 2.05) is 0 Å². The van der Waals surface area contributed by atoms with E-state index < -0.39 is 0 Å². The molecular formula is C42H46FeO8P2Re2+2. The fraction of sp³-hybridized carbons (Fsp3) is 0.286. The van der Waals surface area contributed by atoms with E-state index in [-0.39, 0.29) is 73.8 Å². The zero-order chi connectivity index (χ0) is 40.4. The molecule has 0 spiro atoms. The van der Waals surface area contributed by atoms with E-state index in [0.717, 1.165) is 25.5 Å². The molecule has 8 nitrogen and oxygen atoms in total. The van der Waals surface area contributed by atoms with Crippen LogP contribution in [0.25, 0.3) is 0 Å². The Labute approximate surface area is 368 Å². The Morgan fingerprint density at radius 3 is 0.655 bits per heavy atom. The van der Waals surface area contributed by atoms with Gasteiger partial charge in [-0.1, -0.05) is 147 Å². The summed E-state index contributed by atoms with van der Waals surface area (Å²) < 4.78 is 45.0. The van der Waals surface area contributed by atoms with Gasteiger partial charge in [-0.2, -0.15) is 0 Å². The summed E-state index contributed by atoms with van der Waals surface area (Å²) in [6, 6.07) is 44.5. The van der Waals surface area contributed by atoms with Crippen LogP contribution in [0.2, 0.25) is 0 Å². The van der Waals surface area contributed by atoms with Crippen LogP contribution in [0.5, 0.6) is 0 Å². The van der Waals surface area contributed by atoms with Crippen molar-refractivity contribution in [1.82, 2.24) is 0 Å². The maximum atomic E-state index is 7.50. The second kappa shape index (κ2) is 54.0. The van der Waals surface area contributed by atoms with Crippen molar-refractivity contribution >= 4 is 37.1 Å². The Morgan fingerprint density at radius 2 is 0.509 bits per heavy atom. The van der Waals surface area contributed by atoms with Crippen LogP contribution in [0.3, 0.4) is 0 Å². The molecular weight excluding hydrogens is 1120 g/mol. The van der Waals surface area contributed by atoms with Crippen LogP contribution in [0, 0.1) is 39.9 Å². The summed E-state index contributed by atoms with van der Waals surface area (Å²) >= 11 is 0. The number of benzene rings is 4. The standard InChI is InChI=1S/2C17H19P.2CH4O.6CO.Fe.2Re/c2*1-3-9-15(10-4-1)18(17-13-7-8-14-17)16-11-5-2-6-12-16;8*1-2;;;/h2*1-6,9-12,17H,7-8,13-14H2;2*2H,1H3;;;;;;;;;/q;;;;;;;;;;+2;;. The summed E-state index contributed by atoms with van der Waals surface area (Å²) in [4.78, 5) is 0. The van der Waals surface area contributed by atoms with Gasteiger partial charge in [-0.05, 0) is 74.1 Å². The summed E-state index contributed by atoms with van der Waals surface area (Å²) in [6.07, 6.45) is 11.3. The molecule has 2 aliphatic rings. The molecule has 0 aromatic heterocycles. The zero-order valence-electron chi connectivity index (χ0n) is 30.7. The summed E-state index contributed by atoms with van der Waals surface area (Å²) in [6.45, 7) is 27.0. The van der Waals surface area contributed by atoms with Crippen molar-refractivity contribution in [3.63, 3.8) is 0 Å². The van der Waals surface area contributed by atoms with Gasteiger partial charge in [0.25, 0.3) is 0 Å². The number of aliphatic hydroxyl groups excluding tert-OH is 2. The SMILES string of the molecule is CO.CO.[C-]#[O+].[C-]#[O+].[C-]#[O+].[C-]#[O+].[C-]#[O+].[C-]#[O+].[Fe+2].[Re].[Re].c1ccc(P(c2ccccc2)C2CCCC2)cc1.c1ccc(P(c2ccccc2)C2CCCC2)cc1. The van der Waals surface area contributed by atoms with E-state index in [1.54, 1.807) is 21.2 Å². The second-order valence-corrected chi connectivity index (χ2v) is 15.0. The normalized spacial score (nSPS) is 11.1. The third-order valence-corrected chi connectivity index (χ3v) is 13.4.